The molecule has 1 amide bonds. The van der Waals surface area contributed by atoms with Gasteiger partial charge in [-0.05, 0) is 59.8 Å². The number of piperidine rings is 1. The lowest BCUT2D eigenvalue weighted by molar-refractivity contribution is -0.149. The fourth-order valence-corrected chi connectivity index (χ4v) is 7.01. The molecule has 3 atom stereocenters. The minimum atomic E-state index is -1.42. The Morgan fingerprint density at radius 1 is 1.06 bits per heavy atom. The highest BCUT2D eigenvalue weighted by Gasteiger charge is 2.55. The van der Waals surface area contributed by atoms with Crippen molar-refractivity contribution in [3.05, 3.63) is 65.2 Å². The second-order valence-electron chi connectivity index (χ2n) is 11.2. The Bertz CT molecular complexity index is 1040. The zero-order valence-electron chi connectivity index (χ0n) is 20.6. The minimum Gasteiger partial charge on any atom is -0.493 e. The van der Waals surface area contributed by atoms with Crippen molar-refractivity contribution in [2.75, 3.05) is 32.8 Å². The summed E-state index contributed by atoms with van der Waals surface area (Å²) in [7, 11) is 0. The third-order valence-electron chi connectivity index (χ3n) is 9.17. The van der Waals surface area contributed by atoms with Crippen LogP contribution in [0, 0.1) is 23.7 Å². The van der Waals surface area contributed by atoms with E-state index < -0.39 is 5.60 Å². The number of benzene rings is 2. The predicted molar refractivity (Wildman–Crippen MR) is 136 cm³/mol. The highest BCUT2D eigenvalue weighted by Crippen LogP contribution is 2.51. The summed E-state index contributed by atoms with van der Waals surface area (Å²) in [6.45, 7) is 4.86. The molecule has 2 N–H and O–H groups in total. The Balaban J connectivity index is 1.01. The van der Waals surface area contributed by atoms with Crippen molar-refractivity contribution >= 4 is 5.91 Å². The van der Waals surface area contributed by atoms with Gasteiger partial charge in [0.2, 0.25) is 0 Å². The van der Waals surface area contributed by atoms with Crippen LogP contribution in [0.4, 0.5) is 0 Å². The lowest BCUT2D eigenvalue weighted by Gasteiger charge is -2.37. The van der Waals surface area contributed by atoms with Gasteiger partial charge in [-0.25, -0.2) is 0 Å². The first-order chi connectivity index (χ1) is 17.1. The van der Waals surface area contributed by atoms with Gasteiger partial charge in [0.15, 0.2) is 5.60 Å². The average Bonchev–Trinajstić information content (AvgIpc) is 3.22. The molecule has 35 heavy (non-hydrogen) atoms. The van der Waals surface area contributed by atoms with E-state index in [1.54, 1.807) is 0 Å². The molecule has 0 radical (unpaired) electrons. The lowest BCUT2D eigenvalue weighted by Crippen LogP contribution is -2.50. The lowest BCUT2D eigenvalue weighted by atomic mass is 9.73. The molecule has 3 unspecified atom stereocenters. The molecule has 2 saturated carbocycles. The molecule has 2 heterocycles. The molecule has 2 aliphatic carbocycles. The predicted octanol–water partition coefficient (Wildman–Crippen LogP) is 3.93. The van der Waals surface area contributed by atoms with E-state index in [1.807, 2.05) is 30.3 Å². The van der Waals surface area contributed by atoms with Crippen molar-refractivity contribution in [2.45, 2.75) is 50.5 Å². The molecular weight excluding hydrogens is 436 g/mol. The highest BCUT2D eigenvalue weighted by molar-refractivity contribution is 5.86. The first-order valence-electron chi connectivity index (χ1n) is 13.7. The monoisotopic (exact) mass is 474 g/mol. The summed E-state index contributed by atoms with van der Waals surface area (Å²) < 4.78 is 5.63. The van der Waals surface area contributed by atoms with Crippen LogP contribution in [0.2, 0.25) is 0 Å². The second-order valence-corrected chi connectivity index (χ2v) is 11.2. The van der Waals surface area contributed by atoms with E-state index in [0.29, 0.717) is 24.3 Å². The van der Waals surface area contributed by atoms with Gasteiger partial charge in [-0.2, -0.15) is 0 Å². The number of hydrogen-bond acceptors (Lipinski definition) is 4. The van der Waals surface area contributed by atoms with Crippen LogP contribution in [0.1, 0.15) is 48.8 Å². The van der Waals surface area contributed by atoms with Gasteiger partial charge >= 0.3 is 0 Å². The summed E-state index contributed by atoms with van der Waals surface area (Å²) >= 11 is 0. The maximum absolute atomic E-state index is 13.4. The van der Waals surface area contributed by atoms with Crippen LogP contribution in [0.3, 0.4) is 0 Å². The number of nitrogens with one attached hydrogen (secondary N) is 1. The van der Waals surface area contributed by atoms with E-state index in [1.165, 1.54) is 17.5 Å². The van der Waals surface area contributed by atoms with Crippen LogP contribution in [-0.2, 0) is 23.2 Å². The number of carbonyl (C=O) groups is 1. The van der Waals surface area contributed by atoms with E-state index in [-0.39, 0.29) is 11.8 Å². The standard InChI is InChI=1S/C30H38N2O3/c33-29(30(34,23-7-3-1-4-8-23)24-9-5-2-6-10-24)31-18-25-26-19-32(20-27(25)26)15-13-21-11-12-28-22(17-21)14-16-35-28/h1,3-4,7-8,11-12,17,24-27,34H,2,5-6,9-10,13-16,18-20H2,(H,31,33). The van der Waals surface area contributed by atoms with E-state index in [4.69, 9.17) is 4.74 Å². The van der Waals surface area contributed by atoms with E-state index in [0.717, 1.165) is 76.1 Å². The van der Waals surface area contributed by atoms with Crippen LogP contribution in [0.5, 0.6) is 5.75 Å². The molecule has 1 saturated heterocycles. The van der Waals surface area contributed by atoms with Gasteiger partial charge in [-0.3, -0.25) is 4.79 Å². The normalized spacial score (nSPS) is 27.5. The maximum atomic E-state index is 13.4. The molecule has 5 nitrogen and oxygen atoms in total. The molecule has 2 aliphatic heterocycles. The summed E-state index contributed by atoms with van der Waals surface area (Å²) in [4.78, 5) is 16.0. The number of aliphatic hydroxyl groups is 1. The summed E-state index contributed by atoms with van der Waals surface area (Å²) in [6, 6.07) is 16.3. The third kappa shape index (κ3) is 4.49. The summed E-state index contributed by atoms with van der Waals surface area (Å²) in [5.41, 5.74) is 2.08. The molecule has 3 fully saturated rings. The van der Waals surface area contributed by atoms with Gasteiger partial charge in [0.1, 0.15) is 5.75 Å². The fraction of sp³-hybridized carbons (Fsp3) is 0.567. The van der Waals surface area contributed by atoms with Gasteiger partial charge in [-0.1, -0.05) is 61.7 Å². The Labute approximate surface area is 208 Å². The van der Waals surface area contributed by atoms with Crippen LogP contribution in [0.25, 0.3) is 0 Å². The molecule has 186 valence electrons. The van der Waals surface area contributed by atoms with Gasteiger partial charge < -0.3 is 20.1 Å². The zero-order chi connectivity index (χ0) is 23.8. The van der Waals surface area contributed by atoms with Crippen LogP contribution >= 0.6 is 0 Å². The Morgan fingerprint density at radius 3 is 2.60 bits per heavy atom. The molecule has 5 heteroatoms. The first kappa shape index (κ1) is 23.1. The van der Waals surface area contributed by atoms with Crippen LogP contribution in [0.15, 0.2) is 48.5 Å². The number of ether oxygens (including phenoxy) is 1. The molecule has 0 bridgehead atoms. The van der Waals surface area contributed by atoms with E-state index in [2.05, 4.69) is 28.4 Å². The number of fused-ring (bicyclic) bond motifs is 2. The average molecular weight is 475 g/mol. The Morgan fingerprint density at radius 2 is 1.83 bits per heavy atom. The number of nitrogens with zero attached hydrogens (tertiary/aromatic N) is 1. The smallest absolute Gasteiger partial charge is 0.256 e. The molecular formula is C30H38N2O3. The number of rotatable bonds is 8. The van der Waals surface area contributed by atoms with Gasteiger partial charge in [0.05, 0.1) is 6.61 Å². The Hall–Kier alpha value is -2.37. The highest BCUT2D eigenvalue weighted by atomic mass is 16.5. The minimum absolute atomic E-state index is 0.00127. The third-order valence-corrected chi connectivity index (χ3v) is 9.17. The number of hydrogen-bond donors (Lipinski definition) is 2. The van der Waals surface area contributed by atoms with Gasteiger partial charge in [-0.15, -0.1) is 0 Å². The quantitative estimate of drug-likeness (QED) is 0.609. The van der Waals surface area contributed by atoms with Crippen molar-refractivity contribution in [3.63, 3.8) is 0 Å². The molecule has 2 aromatic rings. The topological polar surface area (TPSA) is 61.8 Å². The summed E-state index contributed by atoms with van der Waals surface area (Å²) in [6.07, 6.45) is 7.33. The number of likely N-dealkylation sites (tertiary alicyclic amines) is 1. The van der Waals surface area contributed by atoms with Crippen molar-refractivity contribution in [1.82, 2.24) is 10.2 Å². The van der Waals surface area contributed by atoms with Crippen molar-refractivity contribution < 1.29 is 14.6 Å². The van der Waals surface area contributed by atoms with Crippen LogP contribution < -0.4 is 10.1 Å². The van der Waals surface area contributed by atoms with Crippen LogP contribution in [-0.4, -0.2) is 48.7 Å². The summed E-state index contributed by atoms with van der Waals surface area (Å²) in [5.74, 6) is 2.78. The summed E-state index contributed by atoms with van der Waals surface area (Å²) in [5, 5.41) is 14.9. The molecule has 4 aliphatic rings. The first-order valence-corrected chi connectivity index (χ1v) is 13.7. The van der Waals surface area contributed by atoms with E-state index in [9.17, 15) is 9.90 Å². The second kappa shape index (κ2) is 9.59. The van der Waals surface area contributed by atoms with E-state index >= 15 is 0 Å². The molecule has 6 rings (SSSR count). The molecule has 2 aromatic carbocycles. The Kier molecular flexibility index (Phi) is 6.32. The van der Waals surface area contributed by atoms with Crippen molar-refractivity contribution in [3.8, 4) is 5.75 Å². The SMILES string of the molecule is O=C(NCC1C2CN(CCc3ccc4c(c3)CCO4)CC12)C(O)(c1ccccc1)C1CCCCC1. The molecule has 0 aromatic heterocycles. The maximum Gasteiger partial charge on any atom is 0.256 e. The van der Waals surface area contributed by atoms with Gasteiger partial charge in [0, 0.05) is 38.5 Å². The van der Waals surface area contributed by atoms with Crippen molar-refractivity contribution in [2.24, 2.45) is 23.7 Å². The number of amides is 1. The number of carbonyl (C=O) groups excluding carboxylic acids is 1. The molecule has 0 spiro atoms. The fourth-order valence-electron chi connectivity index (χ4n) is 7.01. The zero-order valence-corrected chi connectivity index (χ0v) is 20.6. The van der Waals surface area contributed by atoms with Gasteiger partial charge in [0.25, 0.3) is 5.91 Å². The largest absolute Gasteiger partial charge is 0.493 e. The van der Waals surface area contributed by atoms with Crippen molar-refractivity contribution in [1.29, 1.82) is 0 Å².